The summed E-state index contributed by atoms with van der Waals surface area (Å²) in [4.78, 5) is 0. The van der Waals surface area contributed by atoms with E-state index < -0.39 is 0 Å². The first-order valence-electron chi connectivity index (χ1n) is 10.3. The van der Waals surface area contributed by atoms with Crippen LogP contribution >= 0.6 is 0 Å². The molecule has 0 amide bonds. The standard InChI is InChI=1S/2C6H9.3C5H5.C5H.2Er/c2*1-5-6(2,3)4;4*1-2-4-5-3-1;;/h2*2-4H3;3*1-5H;1H;;/q2*-1;-5;2*-1;-5;;. The van der Waals surface area contributed by atoms with Crippen LogP contribution in [-0.4, -0.2) is 0 Å². The molecule has 0 aliphatic rings. The molecular weight excluding hydrogens is 719 g/mol. The fraction of sp³-hybridized carbons (Fsp3) is 0.250. The van der Waals surface area contributed by atoms with Crippen LogP contribution in [0.5, 0.6) is 0 Å². The van der Waals surface area contributed by atoms with Gasteiger partial charge in [-0.25, -0.2) is 24.3 Å². The molecule has 0 unspecified atom stereocenters. The topological polar surface area (TPSA) is 0 Å². The molecule has 0 saturated carbocycles. The molecule has 200 valence electrons. The van der Waals surface area contributed by atoms with E-state index in [4.69, 9.17) is 12.8 Å². The molecule has 4 aromatic carbocycles. The van der Waals surface area contributed by atoms with E-state index in [1.807, 2.05) is 133 Å². The van der Waals surface area contributed by atoms with Crippen molar-refractivity contribution in [3.05, 3.63) is 134 Å². The molecule has 0 fully saturated rings. The van der Waals surface area contributed by atoms with Crippen LogP contribution in [0.4, 0.5) is 0 Å². The Kier molecular flexibility index (Phi) is 33.4. The molecule has 4 rings (SSSR count). The summed E-state index contributed by atoms with van der Waals surface area (Å²) in [5, 5.41) is 0. The van der Waals surface area contributed by atoms with E-state index in [9.17, 15) is 0 Å². The Morgan fingerprint density at radius 1 is 0.559 bits per heavy atom. The molecule has 0 saturated heterocycles. The van der Waals surface area contributed by atoms with Crippen LogP contribution in [0.2, 0.25) is 0 Å². The molecule has 4 aromatic rings. The van der Waals surface area contributed by atoms with Crippen LogP contribution in [0, 0.1) is 134 Å². The van der Waals surface area contributed by atoms with Gasteiger partial charge in [0.05, 0.1) is 0 Å². The van der Waals surface area contributed by atoms with Gasteiger partial charge in [0.1, 0.15) is 0 Å². The van der Waals surface area contributed by atoms with E-state index >= 15 is 0 Å². The Bertz CT molecular complexity index is 637. The van der Waals surface area contributed by atoms with Gasteiger partial charge in [0.2, 0.25) is 0 Å². The van der Waals surface area contributed by atoms with Crippen molar-refractivity contribution in [3.8, 4) is 11.8 Å². The van der Waals surface area contributed by atoms with Crippen LogP contribution in [0.3, 0.4) is 0 Å². The molecule has 0 heterocycles. The molecule has 34 heavy (non-hydrogen) atoms. The molecule has 0 atom stereocenters. The van der Waals surface area contributed by atoms with Gasteiger partial charge in [-0.15, -0.1) is 0 Å². The fourth-order valence-corrected chi connectivity index (χ4v) is 1.14. The first kappa shape index (κ1) is 40.2. The van der Waals surface area contributed by atoms with Gasteiger partial charge in [-0.1, -0.05) is 41.5 Å². The predicted octanol–water partition coefficient (Wildman–Crippen LogP) is 8.07. The van der Waals surface area contributed by atoms with E-state index in [2.05, 4.69) is 36.1 Å². The van der Waals surface area contributed by atoms with Gasteiger partial charge in [0.15, 0.2) is 0 Å². The van der Waals surface area contributed by atoms with Crippen LogP contribution in [-0.2, 0) is 0 Å². The van der Waals surface area contributed by atoms with Crippen LogP contribution < -0.4 is 0 Å². The number of hydrogen-bond donors (Lipinski definition) is 0. The Labute approximate surface area is 269 Å². The van der Waals surface area contributed by atoms with Crippen LogP contribution in [0.15, 0.2) is 97.1 Å². The molecule has 0 N–H and O–H groups in total. The smallest absolute Gasteiger partial charge is 0 e. The zero-order chi connectivity index (χ0) is 24.6. The first-order chi connectivity index (χ1) is 15.1. The van der Waals surface area contributed by atoms with E-state index in [1.54, 1.807) is 6.07 Å². The first-order valence-corrected chi connectivity index (χ1v) is 10.3. The Balaban J connectivity index is -0.000000157. The van der Waals surface area contributed by atoms with Crippen molar-refractivity contribution in [1.82, 2.24) is 0 Å². The monoisotopic (exact) mass is 750 g/mol. The summed E-state index contributed by atoms with van der Waals surface area (Å²) in [6.07, 6.45) is 13.2. The third-order valence-corrected chi connectivity index (χ3v) is 2.77. The van der Waals surface area contributed by atoms with Crippen molar-refractivity contribution in [2.45, 2.75) is 41.5 Å². The third kappa shape index (κ3) is 44.7. The van der Waals surface area contributed by atoms with E-state index in [1.165, 1.54) is 0 Å². The Morgan fingerprint density at radius 2 is 0.794 bits per heavy atom. The normalized spacial score (nSPS) is 8.35. The van der Waals surface area contributed by atoms with Gasteiger partial charge >= 0.3 is 0 Å². The van der Waals surface area contributed by atoms with E-state index in [0.29, 0.717) is 0 Å². The average molecular weight is 753 g/mol. The van der Waals surface area contributed by atoms with Crippen molar-refractivity contribution in [2.24, 2.45) is 10.8 Å². The maximum Gasteiger partial charge on any atom is 0 e. The molecule has 0 radical (unpaired) electrons. The van der Waals surface area contributed by atoms with Crippen LogP contribution in [0.25, 0.3) is 0 Å². The minimum atomic E-state index is -0.0417. The Hall–Kier alpha value is -0.986. The van der Waals surface area contributed by atoms with Gasteiger partial charge in [0.25, 0.3) is 0 Å². The summed E-state index contributed by atoms with van der Waals surface area (Å²) in [6.45, 7) is 11.7. The zero-order valence-electron chi connectivity index (χ0n) is 20.8. The van der Waals surface area contributed by atoms with Crippen molar-refractivity contribution in [3.63, 3.8) is 0 Å². The van der Waals surface area contributed by atoms with Gasteiger partial charge in [-0.3, -0.25) is 0 Å². The maximum absolute atomic E-state index is 6.60. The molecule has 0 aliphatic carbocycles. The maximum atomic E-state index is 6.60. The number of rotatable bonds is 0. The minimum Gasteiger partial charge on any atom is -0.999 e. The molecule has 0 spiro atoms. The SMILES string of the molecule is [C-]#CC(C)(C)C.[C-]#CC(C)(C)C.[Er].[Er].[c-]1[c-][c-][cH-][c-]1.[cH-]1[cH-][cH-][cH-][cH-]1.c1cc[cH-]c1.c1cc[cH-]c1. The quantitative estimate of drug-likeness (QED) is 0.126. The van der Waals surface area contributed by atoms with Gasteiger partial charge < -0.3 is 85.4 Å². The number of hydrogen-bond acceptors (Lipinski definition) is 0. The third-order valence-electron chi connectivity index (χ3n) is 2.77. The van der Waals surface area contributed by atoms with E-state index in [-0.39, 0.29) is 85.4 Å². The second kappa shape index (κ2) is 28.3. The largest absolute Gasteiger partial charge is 0.999 e. The van der Waals surface area contributed by atoms with Crippen molar-refractivity contribution >= 4 is 0 Å². The molecule has 2 heteroatoms. The predicted molar refractivity (Wildman–Crippen MR) is 137 cm³/mol. The second-order valence-corrected chi connectivity index (χ2v) is 8.32. The summed E-state index contributed by atoms with van der Waals surface area (Å²) in [5.41, 5.74) is -0.0833. The summed E-state index contributed by atoms with van der Waals surface area (Å²) in [7, 11) is 0. The Morgan fingerprint density at radius 3 is 0.882 bits per heavy atom. The van der Waals surface area contributed by atoms with Crippen LogP contribution in [0.1, 0.15) is 41.5 Å². The summed E-state index contributed by atoms with van der Waals surface area (Å²) in [5.74, 6) is 4.71. The van der Waals surface area contributed by atoms with Gasteiger partial charge in [0, 0.05) is 74.6 Å². The van der Waals surface area contributed by atoms with Crippen molar-refractivity contribution < 1.29 is 74.6 Å². The molecule has 0 aromatic heterocycles. The van der Waals surface area contributed by atoms with Gasteiger partial charge in [-0.2, -0.15) is 36.4 Å². The minimum absolute atomic E-state index is 0. The fourth-order valence-electron chi connectivity index (χ4n) is 1.14. The molecule has 0 bridgehead atoms. The molecule has 0 aliphatic heterocycles. The summed E-state index contributed by atoms with van der Waals surface area (Å²) in [6, 6.07) is 42.0. The summed E-state index contributed by atoms with van der Waals surface area (Å²) < 4.78 is 0. The second-order valence-electron chi connectivity index (χ2n) is 8.32. The van der Waals surface area contributed by atoms with Crippen molar-refractivity contribution in [1.29, 1.82) is 0 Å². The average Bonchev–Trinajstić information content (AvgIpc) is 3.61. The molecule has 0 nitrogen and oxygen atoms in total. The summed E-state index contributed by atoms with van der Waals surface area (Å²) >= 11 is 0. The molecular formula is C32H34Er2-14. The van der Waals surface area contributed by atoms with Crippen molar-refractivity contribution in [2.75, 3.05) is 0 Å². The van der Waals surface area contributed by atoms with Gasteiger partial charge in [-0.05, 0) is 10.8 Å². The van der Waals surface area contributed by atoms with E-state index in [0.717, 1.165) is 0 Å². The zero-order valence-corrected chi connectivity index (χ0v) is 24.5.